The van der Waals surface area contributed by atoms with Crippen LogP contribution < -0.4 is 0 Å². The first-order valence-electron chi connectivity index (χ1n) is 3.47. The summed E-state index contributed by atoms with van der Waals surface area (Å²) in [5.41, 5.74) is 0.293. The summed E-state index contributed by atoms with van der Waals surface area (Å²) in [6.07, 6.45) is 3.48. The van der Waals surface area contributed by atoms with E-state index in [2.05, 4.69) is 19.6 Å². The largest absolute Gasteiger partial charge is 0.396 e. The van der Waals surface area contributed by atoms with Crippen molar-refractivity contribution in [2.75, 3.05) is 6.61 Å². The Morgan fingerprint density at radius 2 is 2.22 bits per heavy atom. The molecule has 0 heterocycles. The molecule has 2 heteroatoms. The molecule has 0 radical (unpaired) electrons. The standard InChI is InChI=1S/C7H14OS/c1-6(9)4-7(5-8)2-3-7/h6,8-9H,2-5H2,1H3. The van der Waals surface area contributed by atoms with Crippen LogP contribution in [0, 0.1) is 5.41 Å². The van der Waals surface area contributed by atoms with Crippen molar-refractivity contribution in [1.29, 1.82) is 0 Å². The highest BCUT2D eigenvalue weighted by molar-refractivity contribution is 7.80. The van der Waals surface area contributed by atoms with Crippen LogP contribution in [0.15, 0.2) is 0 Å². The Hall–Kier alpha value is 0.310. The summed E-state index contributed by atoms with van der Waals surface area (Å²) in [6.45, 7) is 2.44. The molecule has 1 nitrogen and oxygen atoms in total. The molecule has 1 N–H and O–H groups in total. The van der Waals surface area contributed by atoms with Crippen molar-refractivity contribution in [3.05, 3.63) is 0 Å². The van der Waals surface area contributed by atoms with Crippen LogP contribution in [0.4, 0.5) is 0 Å². The molecule has 0 spiro atoms. The monoisotopic (exact) mass is 146 g/mol. The van der Waals surface area contributed by atoms with Gasteiger partial charge in [0, 0.05) is 6.61 Å². The van der Waals surface area contributed by atoms with Crippen LogP contribution >= 0.6 is 12.6 Å². The van der Waals surface area contributed by atoms with E-state index in [1.165, 1.54) is 12.8 Å². The van der Waals surface area contributed by atoms with Gasteiger partial charge >= 0.3 is 0 Å². The van der Waals surface area contributed by atoms with Crippen molar-refractivity contribution in [3.63, 3.8) is 0 Å². The van der Waals surface area contributed by atoms with Gasteiger partial charge in [-0.2, -0.15) is 12.6 Å². The fourth-order valence-corrected chi connectivity index (χ4v) is 1.62. The first-order valence-corrected chi connectivity index (χ1v) is 3.99. The third-order valence-corrected chi connectivity index (χ3v) is 2.20. The smallest absolute Gasteiger partial charge is 0.0487 e. The van der Waals surface area contributed by atoms with E-state index in [1.807, 2.05) is 0 Å². The van der Waals surface area contributed by atoms with Gasteiger partial charge in [-0.25, -0.2) is 0 Å². The molecule has 1 fully saturated rings. The molecule has 54 valence electrons. The van der Waals surface area contributed by atoms with Crippen molar-refractivity contribution in [2.45, 2.75) is 31.4 Å². The Bertz CT molecular complexity index is 97.1. The number of rotatable bonds is 3. The zero-order valence-corrected chi connectivity index (χ0v) is 6.69. The van der Waals surface area contributed by atoms with Crippen molar-refractivity contribution in [3.8, 4) is 0 Å². The van der Waals surface area contributed by atoms with Crippen molar-refractivity contribution in [1.82, 2.24) is 0 Å². The summed E-state index contributed by atoms with van der Waals surface area (Å²) < 4.78 is 0. The summed E-state index contributed by atoms with van der Waals surface area (Å²) in [4.78, 5) is 0. The molecule has 0 amide bonds. The van der Waals surface area contributed by atoms with Gasteiger partial charge in [0.25, 0.3) is 0 Å². The number of aliphatic hydroxyl groups is 1. The molecule has 9 heavy (non-hydrogen) atoms. The Morgan fingerprint density at radius 1 is 1.67 bits per heavy atom. The predicted octanol–water partition coefficient (Wildman–Crippen LogP) is 1.47. The van der Waals surface area contributed by atoms with Crippen molar-refractivity contribution in [2.24, 2.45) is 5.41 Å². The summed E-state index contributed by atoms with van der Waals surface area (Å²) in [5.74, 6) is 0. The lowest BCUT2D eigenvalue weighted by atomic mass is 10.0. The van der Waals surface area contributed by atoms with E-state index < -0.39 is 0 Å². The van der Waals surface area contributed by atoms with Crippen LogP contribution in [0.25, 0.3) is 0 Å². The highest BCUT2D eigenvalue weighted by Crippen LogP contribution is 2.49. The minimum atomic E-state index is 0.293. The molecule has 1 aliphatic carbocycles. The molecule has 0 aromatic carbocycles. The topological polar surface area (TPSA) is 20.2 Å². The van der Waals surface area contributed by atoms with Gasteiger partial charge in [0.05, 0.1) is 0 Å². The van der Waals surface area contributed by atoms with Crippen molar-refractivity contribution >= 4 is 12.6 Å². The van der Waals surface area contributed by atoms with Crippen molar-refractivity contribution < 1.29 is 5.11 Å². The van der Waals surface area contributed by atoms with Gasteiger partial charge in [-0.1, -0.05) is 6.92 Å². The molecule has 1 aliphatic rings. The van der Waals surface area contributed by atoms with Crippen LogP contribution in [-0.2, 0) is 0 Å². The maximum absolute atomic E-state index is 8.87. The Balaban J connectivity index is 2.25. The van der Waals surface area contributed by atoms with E-state index >= 15 is 0 Å². The second-order valence-electron chi connectivity index (χ2n) is 3.21. The van der Waals surface area contributed by atoms with E-state index in [0.717, 1.165) is 6.42 Å². The third-order valence-electron chi connectivity index (χ3n) is 2.02. The van der Waals surface area contributed by atoms with Crippen LogP contribution in [0.2, 0.25) is 0 Å². The summed E-state index contributed by atoms with van der Waals surface area (Å²) >= 11 is 4.27. The van der Waals surface area contributed by atoms with Gasteiger partial charge in [-0.15, -0.1) is 0 Å². The number of hydrogen-bond acceptors (Lipinski definition) is 2. The number of hydrogen-bond donors (Lipinski definition) is 2. The lowest BCUT2D eigenvalue weighted by Crippen LogP contribution is -2.10. The SMILES string of the molecule is CC(S)CC1(CO)CC1. The van der Waals surface area contributed by atoms with E-state index in [9.17, 15) is 0 Å². The van der Waals surface area contributed by atoms with E-state index in [1.54, 1.807) is 0 Å². The second-order valence-corrected chi connectivity index (χ2v) is 4.09. The highest BCUT2D eigenvalue weighted by Gasteiger charge is 2.42. The Labute approximate surface area is 61.9 Å². The first kappa shape index (κ1) is 7.42. The maximum Gasteiger partial charge on any atom is 0.0487 e. The van der Waals surface area contributed by atoms with Crippen LogP contribution in [-0.4, -0.2) is 17.0 Å². The zero-order chi connectivity index (χ0) is 6.91. The van der Waals surface area contributed by atoms with Gasteiger partial charge in [0.1, 0.15) is 0 Å². The molecule has 0 saturated heterocycles. The minimum Gasteiger partial charge on any atom is -0.396 e. The Morgan fingerprint density at radius 3 is 2.33 bits per heavy atom. The predicted molar refractivity (Wildman–Crippen MR) is 41.8 cm³/mol. The average Bonchev–Trinajstić information content (AvgIpc) is 2.48. The van der Waals surface area contributed by atoms with Crippen LogP contribution in [0.1, 0.15) is 26.2 Å². The van der Waals surface area contributed by atoms with Crippen LogP contribution in [0.5, 0.6) is 0 Å². The summed E-state index contributed by atoms with van der Waals surface area (Å²) in [6, 6.07) is 0. The maximum atomic E-state index is 8.87. The molecule has 0 bridgehead atoms. The molecule has 1 atom stereocenters. The lowest BCUT2D eigenvalue weighted by Gasteiger charge is -2.12. The average molecular weight is 146 g/mol. The fourth-order valence-electron chi connectivity index (χ4n) is 1.23. The highest BCUT2D eigenvalue weighted by atomic mass is 32.1. The lowest BCUT2D eigenvalue weighted by molar-refractivity contribution is 0.204. The summed E-state index contributed by atoms with van der Waals surface area (Å²) in [5, 5.41) is 9.32. The molecule has 1 unspecified atom stereocenters. The molecular formula is C7H14OS. The van der Waals surface area contributed by atoms with Gasteiger partial charge in [-0.3, -0.25) is 0 Å². The normalized spacial score (nSPS) is 25.7. The molecule has 1 saturated carbocycles. The molecule has 0 aromatic heterocycles. The quantitative estimate of drug-likeness (QED) is 0.578. The fraction of sp³-hybridized carbons (Fsp3) is 1.00. The van der Waals surface area contributed by atoms with E-state index in [0.29, 0.717) is 17.3 Å². The van der Waals surface area contributed by atoms with Gasteiger partial charge in [0.2, 0.25) is 0 Å². The van der Waals surface area contributed by atoms with Gasteiger partial charge in [-0.05, 0) is 29.9 Å². The molecule has 0 aromatic rings. The number of aliphatic hydroxyl groups excluding tert-OH is 1. The molecular weight excluding hydrogens is 132 g/mol. The van der Waals surface area contributed by atoms with Crippen LogP contribution in [0.3, 0.4) is 0 Å². The Kier molecular flexibility index (Phi) is 2.07. The van der Waals surface area contributed by atoms with E-state index in [4.69, 9.17) is 5.11 Å². The molecule has 1 rings (SSSR count). The second kappa shape index (κ2) is 2.51. The number of thiol groups is 1. The van der Waals surface area contributed by atoms with Gasteiger partial charge in [0.15, 0.2) is 0 Å². The van der Waals surface area contributed by atoms with Gasteiger partial charge < -0.3 is 5.11 Å². The third kappa shape index (κ3) is 1.87. The zero-order valence-electron chi connectivity index (χ0n) is 5.80. The summed E-state index contributed by atoms with van der Waals surface area (Å²) in [7, 11) is 0. The van der Waals surface area contributed by atoms with E-state index in [-0.39, 0.29) is 0 Å². The molecule has 0 aliphatic heterocycles. The minimum absolute atomic E-state index is 0.293. The first-order chi connectivity index (χ1) is 4.18.